The molecule has 0 saturated carbocycles. The molecule has 0 aliphatic carbocycles. The van der Waals surface area contributed by atoms with Crippen molar-refractivity contribution in [3.63, 3.8) is 0 Å². The van der Waals surface area contributed by atoms with Gasteiger partial charge in [-0.25, -0.2) is 9.97 Å². The number of nitrogens with zero attached hydrogens (tertiary/aromatic N) is 2. The largest absolute Gasteiger partial charge is 0.381 e. The van der Waals surface area contributed by atoms with E-state index in [-0.39, 0.29) is 0 Å². The van der Waals surface area contributed by atoms with E-state index in [0.717, 1.165) is 38.1 Å². The summed E-state index contributed by atoms with van der Waals surface area (Å²) in [5.74, 6) is 1.88. The lowest BCUT2D eigenvalue weighted by Gasteiger charge is -2.08. The molecule has 4 rings (SSSR count). The van der Waals surface area contributed by atoms with Gasteiger partial charge in [-0.15, -0.1) is 0 Å². The molecule has 0 unspecified atom stereocenters. The van der Waals surface area contributed by atoms with E-state index in [1.165, 1.54) is 38.5 Å². The van der Waals surface area contributed by atoms with Crippen molar-refractivity contribution in [1.29, 1.82) is 0 Å². The number of pyridine rings is 2. The van der Waals surface area contributed by atoms with Crippen molar-refractivity contribution in [2.45, 2.75) is 78.3 Å². The normalized spacial score (nSPS) is 15.2. The predicted molar refractivity (Wildman–Crippen MR) is 135 cm³/mol. The zero-order chi connectivity index (χ0) is 23.3. The van der Waals surface area contributed by atoms with Crippen LogP contribution in [0, 0.1) is 0 Å². The Morgan fingerprint density at radius 1 is 0.594 bits per heavy atom. The van der Waals surface area contributed by atoms with Gasteiger partial charge < -0.3 is 20.1 Å². The summed E-state index contributed by atoms with van der Waals surface area (Å²) in [6.07, 6.45) is 11.4. The Morgan fingerprint density at radius 3 is 1.16 bits per heavy atom. The van der Waals surface area contributed by atoms with Gasteiger partial charge in [0.1, 0.15) is 11.6 Å². The van der Waals surface area contributed by atoms with Crippen LogP contribution in [-0.2, 0) is 9.47 Å². The van der Waals surface area contributed by atoms with Crippen LogP contribution >= 0.6 is 0 Å². The van der Waals surface area contributed by atoms with Gasteiger partial charge in [-0.2, -0.15) is 0 Å². The number of aromatic nitrogens is 2. The van der Waals surface area contributed by atoms with Gasteiger partial charge in [-0.05, 0) is 90.5 Å². The minimum absolute atomic E-state index is 0.454. The van der Waals surface area contributed by atoms with Crippen molar-refractivity contribution in [3.8, 4) is 0 Å². The summed E-state index contributed by atoms with van der Waals surface area (Å²) in [5, 5.41) is 6.39. The van der Waals surface area contributed by atoms with Crippen molar-refractivity contribution in [2.24, 2.45) is 0 Å². The molecule has 0 aromatic carbocycles. The second-order valence-corrected chi connectivity index (χ2v) is 8.37. The summed E-state index contributed by atoms with van der Waals surface area (Å²) in [7, 11) is 0. The van der Waals surface area contributed by atoms with Crippen LogP contribution in [0.3, 0.4) is 0 Å². The van der Waals surface area contributed by atoms with Crippen LogP contribution in [-0.4, -0.2) is 48.5 Å². The Labute approximate surface area is 195 Å². The molecule has 2 aromatic heterocycles. The van der Waals surface area contributed by atoms with Gasteiger partial charge in [0, 0.05) is 50.9 Å². The standard InChI is InChI=1S/2C8H12N2.2C5H10O/c2*1-7(2)10-8-5-3-4-6-9-8;2*1-2-4-6-5-3-1/h2*3-7H,1-2H3,(H,9,10);2*1-5H2. The van der Waals surface area contributed by atoms with Crippen LogP contribution in [0.4, 0.5) is 11.6 Å². The van der Waals surface area contributed by atoms with Gasteiger partial charge in [0.2, 0.25) is 0 Å². The lowest BCUT2D eigenvalue weighted by Crippen LogP contribution is -2.10. The van der Waals surface area contributed by atoms with Gasteiger partial charge >= 0.3 is 0 Å². The molecule has 2 aromatic rings. The third-order valence-electron chi connectivity index (χ3n) is 4.36. The molecule has 6 heteroatoms. The average molecular weight is 445 g/mol. The molecule has 4 heterocycles. The molecule has 2 aliphatic heterocycles. The Morgan fingerprint density at radius 2 is 0.969 bits per heavy atom. The summed E-state index contributed by atoms with van der Waals surface area (Å²) in [5.41, 5.74) is 0. The predicted octanol–water partition coefficient (Wildman–Crippen LogP) is 6.18. The molecule has 2 aliphatic rings. The highest BCUT2D eigenvalue weighted by Crippen LogP contribution is 2.03. The minimum Gasteiger partial charge on any atom is -0.381 e. The monoisotopic (exact) mass is 444 g/mol. The zero-order valence-electron chi connectivity index (χ0n) is 20.6. The van der Waals surface area contributed by atoms with Gasteiger partial charge in [-0.3, -0.25) is 0 Å². The second-order valence-electron chi connectivity index (χ2n) is 8.37. The first-order chi connectivity index (χ1) is 15.6. The summed E-state index contributed by atoms with van der Waals surface area (Å²) in [6, 6.07) is 12.6. The molecular formula is C26H44N4O2. The lowest BCUT2D eigenvalue weighted by molar-refractivity contribution is 0.0967. The Hall–Kier alpha value is -2.18. The SMILES string of the molecule is C1CCOCC1.C1CCOCC1.CC(C)Nc1ccccn1.CC(C)Nc1ccccn1. The van der Waals surface area contributed by atoms with E-state index in [1.807, 2.05) is 36.4 Å². The Bertz CT molecular complexity index is 550. The summed E-state index contributed by atoms with van der Waals surface area (Å²) in [6.45, 7) is 12.4. The smallest absolute Gasteiger partial charge is 0.126 e. The fraction of sp³-hybridized carbons (Fsp3) is 0.615. The number of rotatable bonds is 4. The van der Waals surface area contributed by atoms with Crippen LogP contribution in [0.5, 0.6) is 0 Å². The van der Waals surface area contributed by atoms with E-state index in [0.29, 0.717) is 12.1 Å². The van der Waals surface area contributed by atoms with Crippen molar-refractivity contribution >= 4 is 11.6 Å². The third kappa shape index (κ3) is 17.5. The molecule has 0 bridgehead atoms. The molecular weight excluding hydrogens is 400 g/mol. The lowest BCUT2D eigenvalue weighted by atomic mass is 10.2. The zero-order valence-corrected chi connectivity index (χ0v) is 20.6. The maximum Gasteiger partial charge on any atom is 0.126 e. The van der Waals surface area contributed by atoms with Gasteiger partial charge in [0.25, 0.3) is 0 Å². The van der Waals surface area contributed by atoms with Crippen LogP contribution in [0.15, 0.2) is 48.8 Å². The molecule has 180 valence electrons. The summed E-state index contributed by atoms with van der Waals surface area (Å²) in [4.78, 5) is 8.22. The maximum absolute atomic E-state index is 5.07. The average Bonchev–Trinajstić information content (AvgIpc) is 2.83. The van der Waals surface area contributed by atoms with Crippen molar-refractivity contribution in [3.05, 3.63) is 48.8 Å². The molecule has 2 N–H and O–H groups in total. The van der Waals surface area contributed by atoms with Crippen molar-refractivity contribution < 1.29 is 9.47 Å². The summed E-state index contributed by atoms with van der Waals surface area (Å²) >= 11 is 0. The fourth-order valence-electron chi connectivity index (χ4n) is 2.86. The van der Waals surface area contributed by atoms with E-state index in [9.17, 15) is 0 Å². The second kappa shape index (κ2) is 19.5. The maximum atomic E-state index is 5.07. The van der Waals surface area contributed by atoms with E-state index in [1.54, 1.807) is 12.4 Å². The first kappa shape index (κ1) is 27.9. The Balaban J connectivity index is 0.000000219. The molecule has 0 radical (unpaired) electrons. The number of hydrogen-bond donors (Lipinski definition) is 2. The van der Waals surface area contributed by atoms with Crippen LogP contribution < -0.4 is 10.6 Å². The highest BCUT2D eigenvalue weighted by molar-refractivity contribution is 5.34. The van der Waals surface area contributed by atoms with E-state index in [4.69, 9.17) is 9.47 Å². The molecule has 2 saturated heterocycles. The van der Waals surface area contributed by atoms with Gasteiger partial charge in [-0.1, -0.05) is 12.1 Å². The topological polar surface area (TPSA) is 68.3 Å². The molecule has 6 nitrogen and oxygen atoms in total. The molecule has 32 heavy (non-hydrogen) atoms. The summed E-state index contributed by atoms with van der Waals surface area (Å²) < 4.78 is 10.1. The van der Waals surface area contributed by atoms with E-state index < -0.39 is 0 Å². The van der Waals surface area contributed by atoms with E-state index >= 15 is 0 Å². The molecule has 0 atom stereocenters. The third-order valence-corrected chi connectivity index (χ3v) is 4.36. The molecule has 2 fully saturated rings. The minimum atomic E-state index is 0.454. The van der Waals surface area contributed by atoms with Crippen molar-refractivity contribution in [1.82, 2.24) is 9.97 Å². The van der Waals surface area contributed by atoms with Crippen molar-refractivity contribution in [2.75, 3.05) is 37.1 Å². The number of nitrogens with one attached hydrogen (secondary N) is 2. The highest BCUT2D eigenvalue weighted by Gasteiger charge is 1.96. The number of anilines is 2. The molecule has 0 spiro atoms. The Kier molecular flexibility index (Phi) is 17.0. The van der Waals surface area contributed by atoms with Gasteiger partial charge in [0.05, 0.1) is 0 Å². The van der Waals surface area contributed by atoms with E-state index in [2.05, 4.69) is 48.3 Å². The quantitative estimate of drug-likeness (QED) is 0.587. The molecule has 0 amide bonds. The van der Waals surface area contributed by atoms with Gasteiger partial charge in [0.15, 0.2) is 0 Å². The van der Waals surface area contributed by atoms with Crippen LogP contribution in [0.2, 0.25) is 0 Å². The van der Waals surface area contributed by atoms with Crippen LogP contribution in [0.25, 0.3) is 0 Å². The van der Waals surface area contributed by atoms with Crippen LogP contribution in [0.1, 0.15) is 66.2 Å². The first-order valence-electron chi connectivity index (χ1n) is 12.1. The number of hydrogen-bond acceptors (Lipinski definition) is 6. The number of ether oxygens (including phenoxy) is 2. The highest BCUT2D eigenvalue weighted by atomic mass is 16.5. The fourth-order valence-corrected chi connectivity index (χ4v) is 2.86. The first-order valence-corrected chi connectivity index (χ1v) is 12.1.